The number of ether oxygens (including phenoxy) is 1. The summed E-state index contributed by atoms with van der Waals surface area (Å²) >= 11 is 0. The van der Waals surface area contributed by atoms with Crippen LogP contribution in [0.2, 0.25) is 0 Å². The molecule has 1 unspecified atom stereocenters. The third kappa shape index (κ3) is 4.82. The van der Waals surface area contributed by atoms with Crippen molar-refractivity contribution >= 4 is 12.0 Å². The summed E-state index contributed by atoms with van der Waals surface area (Å²) in [5.74, 6) is 1.90. The number of rotatable bonds is 6. The number of aromatic nitrogens is 2. The lowest BCUT2D eigenvalue weighted by molar-refractivity contribution is 0.248. The van der Waals surface area contributed by atoms with Gasteiger partial charge >= 0.3 is 12.0 Å². The maximum atomic E-state index is 12.3. The van der Waals surface area contributed by atoms with E-state index in [2.05, 4.69) is 20.8 Å². The van der Waals surface area contributed by atoms with Crippen molar-refractivity contribution < 1.29 is 14.1 Å². The van der Waals surface area contributed by atoms with Gasteiger partial charge < -0.3 is 14.6 Å². The second kappa shape index (κ2) is 8.91. The molecular formula is C23H20N4O3. The molecule has 0 aliphatic carbocycles. The predicted molar refractivity (Wildman–Crippen MR) is 113 cm³/mol. The Morgan fingerprint density at radius 2 is 1.53 bits per heavy atom. The highest BCUT2D eigenvalue weighted by Crippen LogP contribution is 2.23. The molecule has 4 aromatic rings. The van der Waals surface area contributed by atoms with E-state index in [1.54, 1.807) is 0 Å². The lowest BCUT2D eigenvalue weighted by atomic mass is 10.1. The van der Waals surface area contributed by atoms with Crippen LogP contribution >= 0.6 is 0 Å². The Labute approximate surface area is 173 Å². The van der Waals surface area contributed by atoms with E-state index in [0.29, 0.717) is 5.82 Å². The number of amides is 2. The fraction of sp³-hybridized carbons (Fsp3) is 0.0870. The molecule has 0 aliphatic rings. The van der Waals surface area contributed by atoms with Gasteiger partial charge in [-0.3, -0.25) is 5.32 Å². The van der Waals surface area contributed by atoms with E-state index in [0.717, 1.165) is 22.6 Å². The lowest BCUT2D eigenvalue weighted by Gasteiger charge is -2.14. The van der Waals surface area contributed by atoms with Crippen molar-refractivity contribution in [3.05, 3.63) is 90.5 Å². The number of urea groups is 1. The van der Waals surface area contributed by atoms with Gasteiger partial charge in [0.1, 0.15) is 11.5 Å². The van der Waals surface area contributed by atoms with Crippen LogP contribution in [0.5, 0.6) is 11.5 Å². The number of hydrogen-bond donors (Lipinski definition) is 2. The Balaban J connectivity index is 1.33. The molecule has 7 nitrogen and oxygen atoms in total. The first-order valence-electron chi connectivity index (χ1n) is 9.47. The highest BCUT2D eigenvalue weighted by molar-refractivity contribution is 5.87. The summed E-state index contributed by atoms with van der Waals surface area (Å²) in [6.45, 7) is 1.88. The molecule has 4 rings (SSSR count). The summed E-state index contributed by atoms with van der Waals surface area (Å²) in [5.41, 5.74) is 1.74. The van der Waals surface area contributed by atoms with Gasteiger partial charge in [-0.2, -0.15) is 4.98 Å². The zero-order valence-corrected chi connectivity index (χ0v) is 16.3. The Bertz CT molecular complexity index is 1100. The Morgan fingerprint density at radius 1 is 0.900 bits per heavy atom. The largest absolute Gasteiger partial charge is 0.457 e. The van der Waals surface area contributed by atoms with Crippen molar-refractivity contribution in [3.63, 3.8) is 0 Å². The molecule has 1 heterocycles. The van der Waals surface area contributed by atoms with Crippen LogP contribution in [-0.2, 0) is 0 Å². The van der Waals surface area contributed by atoms with Crippen molar-refractivity contribution in [2.75, 3.05) is 5.32 Å². The van der Waals surface area contributed by atoms with Crippen LogP contribution in [0.4, 0.5) is 10.8 Å². The standard InChI is InChI=1S/C23H20N4O3/c1-16(17-12-14-20(15-13-17)29-19-10-6-3-7-11-19)24-22(28)26-23-25-21(27-30-23)18-8-4-2-5-9-18/h2-16H,1H3,(H2,24,25,26,27,28). The summed E-state index contributed by atoms with van der Waals surface area (Å²) in [7, 11) is 0. The third-order valence-electron chi connectivity index (χ3n) is 4.39. The molecule has 30 heavy (non-hydrogen) atoms. The van der Waals surface area contributed by atoms with Gasteiger partial charge in [-0.05, 0) is 36.8 Å². The number of hydrogen-bond acceptors (Lipinski definition) is 5. The zero-order valence-electron chi connectivity index (χ0n) is 16.3. The van der Waals surface area contributed by atoms with E-state index < -0.39 is 6.03 Å². The van der Waals surface area contributed by atoms with Crippen LogP contribution in [0, 0.1) is 0 Å². The van der Waals surface area contributed by atoms with Crippen molar-refractivity contribution in [1.82, 2.24) is 15.5 Å². The Kier molecular flexibility index (Phi) is 5.70. The average molecular weight is 400 g/mol. The summed E-state index contributed by atoms with van der Waals surface area (Å²) in [5, 5.41) is 9.28. The van der Waals surface area contributed by atoms with E-state index in [1.807, 2.05) is 91.9 Å². The number of carbonyl (C=O) groups excluding carboxylic acids is 1. The van der Waals surface area contributed by atoms with Crippen LogP contribution in [0.15, 0.2) is 89.5 Å². The highest BCUT2D eigenvalue weighted by Gasteiger charge is 2.14. The van der Waals surface area contributed by atoms with E-state index in [9.17, 15) is 4.79 Å². The lowest BCUT2D eigenvalue weighted by Crippen LogP contribution is -2.31. The zero-order chi connectivity index (χ0) is 20.8. The number of nitrogens with one attached hydrogen (secondary N) is 2. The van der Waals surface area contributed by atoms with Gasteiger partial charge in [0.25, 0.3) is 0 Å². The molecule has 0 radical (unpaired) electrons. The van der Waals surface area contributed by atoms with Gasteiger partial charge in [0.15, 0.2) is 0 Å². The van der Waals surface area contributed by atoms with Gasteiger partial charge in [-0.25, -0.2) is 4.79 Å². The van der Waals surface area contributed by atoms with Crippen LogP contribution in [0.1, 0.15) is 18.5 Å². The fourth-order valence-electron chi connectivity index (χ4n) is 2.84. The minimum absolute atomic E-state index is 0.0326. The van der Waals surface area contributed by atoms with Crippen molar-refractivity contribution in [3.8, 4) is 22.9 Å². The monoisotopic (exact) mass is 400 g/mol. The van der Waals surface area contributed by atoms with E-state index >= 15 is 0 Å². The molecule has 2 N–H and O–H groups in total. The molecule has 0 fully saturated rings. The molecule has 0 bridgehead atoms. The van der Waals surface area contributed by atoms with Gasteiger partial charge in [-0.15, -0.1) is 0 Å². The summed E-state index contributed by atoms with van der Waals surface area (Å²) in [4.78, 5) is 16.5. The smallest absolute Gasteiger partial charge is 0.329 e. The van der Waals surface area contributed by atoms with Gasteiger partial charge in [0.2, 0.25) is 5.82 Å². The molecule has 2 amide bonds. The quantitative estimate of drug-likeness (QED) is 0.452. The molecule has 0 aliphatic heterocycles. The van der Waals surface area contributed by atoms with Gasteiger partial charge in [0.05, 0.1) is 6.04 Å². The SMILES string of the molecule is CC(NC(=O)Nc1nc(-c2ccccc2)no1)c1ccc(Oc2ccccc2)cc1. The molecule has 0 saturated carbocycles. The molecule has 0 saturated heterocycles. The molecule has 150 valence electrons. The highest BCUT2D eigenvalue weighted by atomic mass is 16.5. The molecule has 1 aromatic heterocycles. The second-order valence-corrected chi connectivity index (χ2v) is 6.59. The Hall–Kier alpha value is -4.13. The molecule has 1 atom stereocenters. The van der Waals surface area contributed by atoms with Crippen LogP contribution < -0.4 is 15.4 Å². The Morgan fingerprint density at radius 3 is 2.23 bits per heavy atom. The maximum Gasteiger partial charge on any atom is 0.329 e. The molecule has 7 heteroatoms. The molecular weight excluding hydrogens is 380 g/mol. The van der Waals surface area contributed by atoms with Crippen LogP contribution in [-0.4, -0.2) is 16.2 Å². The third-order valence-corrected chi connectivity index (χ3v) is 4.39. The number of nitrogens with zero attached hydrogens (tertiary/aromatic N) is 2. The van der Waals surface area contributed by atoms with E-state index in [4.69, 9.17) is 9.26 Å². The minimum Gasteiger partial charge on any atom is -0.457 e. The number of para-hydroxylation sites is 1. The predicted octanol–water partition coefficient (Wildman–Crippen LogP) is 5.41. The normalized spacial score (nSPS) is 11.5. The van der Waals surface area contributed by atoms with E-state index in [1.165, 1.54) is 0 Å². The van der Waals surface area contributed by atoms with E-state index in [-0.39, 0.29) is 12.1 Å². The first-order chi connectivity index (χ1) is 14.7. The molecule has 3 aromatic carbocycles. The van der Waals surface area contributed by atoms with Gasteiger partial charge in [0, 0.05) is 5.56 Å². The van der Waals surface area contributed by atoms with Crippen molar-refractivity contribution in [1.29, 1.82) is 0 Å². The van der Waals surface area contributed by atoms with Crippen molar-refractivity contribution in [2.45, 2.75) is 13.0 Å². The van der Waals surface area contributed by atoms with Crippen molar-refractivity contribution in [2.24, 2.45) is 0 Å². The first-order valence-corrected chi connectivity index (χ1v) is 9.47. The van der Waals surface area contributed by atoms with Crippen LogP contribution in [0.25, 0.3) is 11.4 Å². The average Bonchev–Trinajstić information content (AvgIpc) is 3.24. The second-order valence-electron chi connectivity index (χ2n) is 6.59. The maximum absolute atomic E-state index is 12.3. The van der Waals surface area contributed by atoms with Crippen LogP contribution in [0.3, 0.4) is 0 Å². The molecule has 0 spiro atoms. The first kappa shape index (κ1) is 19.2. The fourth-order valence-corrected chi connectivity index (χ4v) is 2.84. The minimum atomic E-state index is -0.435. The van der Waals surface area contributed by atoms with Gasteiger partial charge in [-0.1, -0.05) is 65.8 Å². The number of anilines is 1. The summed E-state index contributed by atoms with van der Waals surface area (Å²) < 4.78 is 10.9. The topological polar surface area (TPSA) is 89.3 Å². The summed E-state index contributed by atoms with van der Waals surface area (Å²) in [6, 6.07) is 25.8. The number of benzene rings is 3. The number of carbonyl (C=O) groups is 1. The summed E-state index contributed by atoms with van der Waals surface area (Å²) in [6.07, 6.45) is 0.